The summed E-state index contributed by atoms with van der Waals surface area (Å²) in [5.74, 6) is -2.75. The maximum Gasteiger partial charge on any atom is 0.382 e. The van der Waals surface area contributed by atoms with Crippen LogP contribution < -0.4 is 0 Å². The van der Waals surface area contributed by atoms with E-state index in [1.54, 1.807) is 18.2 Å². The van der Waals surface area contributed by atoms with E-state index in [2.05, 4.69) is 4.74 Å². The van der Waals surface area contributed by atoms with Crippen molar-refractivity contribution in [1.29, 1.82) is 0 Å². The summed E-state index contributed by atoms with van der Waals surface area (Å²) in [6, 6.07) is 7.98. The second-order valence-electron chi connectivity index (χ2n) is 2.60. The Bertz CT molecular complexity index is 372. The summed E-state index contributed by atoms with van der Waals surface area (Å²) in [5, 5.41) is 0. The van der Waals surface area contributed by atoms with Gasteiger partial charge in [-0.15, -0.1) is 0 Å². The summed E-state index contributed by atoms with van der Waals surface area (Å²) in [4.78, 5) is 32.4. The number of ketones is 1. The van der Waals surface area contributed by atoms with E-state index in [0.29, 0.717) is 0 Å². The number of rotatable bonds is 2. The smallest absolute Gasteiger partial charge is 0.382 e. The number of ether oxygens (including phenoxy) is 1. The minimum absolute atomic E-state index is 0. The van der Waals surface area contributed by atoms with Crippen LogP contribution in [0.25, 0.3) is 0 Å². The van der Waals surface area contributed by atoms with E-state index >= 15 is 0 Å². The number of hydrogen-bond acceptors (Lipinski definition) is 4. The fraction of sp³-hybridized carbons (Fsp3) is 0.100. The van der Waals surface area contributed by atoms with Gasteiger partial charge in [-0.3, -0.25) is 4.79 Å². The minimum Gasteiger partial charge on any atom is -0.384 e. The Balaban J connectivity index is 0.00000196. The number of hydrogen-bond donors (Lipinski definition) is 0. The minimum atomic E-state index is -1.14. The molecule has 0 amide bonds. The Labute approximate surface area is 98.5 Å². The molecule has 0 unspecified atom stereocenters. The van der Waals surface area contributed by atoms with Gasteiger partial charge >= 0.3 is 11.9 Å². The van der Waals surface area contributed by atoms with Crippen LogP contribution in [0.5, 0.6) is 0 Å². The van der Waals surface area contributed by atoms with Gasteiger partial charge in [0.25, 0.3) is 0 Å². The Kier molecular flexibility index (Phi) is 5.59. The SMILES string of the molecule is CC(=O)C(=O)OC(=O)c1ccccc1.[V]. The first-order chi connectivity index (χ1) is 6.61. The van der Waals surface area contributed by atoms with E-state index in [-0.39, 0.29) is 24.1 Å². The summed E-state index contributed by atoms with van der Waals surface area (Å²) in [6.07, 6.45) is 0. The number of esters is 2. The topological polar surface area (TPSA) is 60.4 Å². The second-order valence-corrected chi connectivity index (χ2v) is 2.60. The zero-order valence-corrected chi connectivity index (χ0v) is 9.36. The molecular weight excluding hydrogens is 235 g/mol. The molecule has 0 aliphatic heterocycles. The monoisotopic (exact) mass is 243 g/mol. The van der Waals surface area contributed by atoms with Crippen LogP contribution in [0.2, 0.25) is 0 Å². The van der Waals surface area contributed by atoms with Crippen molar-refractivity contribution in [3.05, 3.63) is 35.9 Å². The third kappa shape index (κ3) is 4.10. The zero-order valence-electron chi connectivity index (χ0n) is 7.97. The summed E-state index contributed by atoms with van der Waals surface area (Å²) in [7, 11) is 0. The fourth-order valence-corrected chi connectivity index (χ4v) is 0.789. The molecule has 0 heterocycles. The molecule has 5 heteroatoms. The molecule has 0 aromatic heterocycles. The standard InChI is InChI=1S/C10H8O4.V/c1-7(11)9(12)14-10(13)8-5-3-2-4-6-8;/h2-6H,1H3;. The molecule has 0 aliphatic carbocycles. The van der Waals surface area contributed by atoms with Crippen molar-refractivity contribution >= 4 is 17.7 Å². The molecule has 0 saturated heterocycles. The van der Waals surface area contributed by atoms with E-state index in [1.807, 2.05) is 0 Å². The Morgan fingerprint density at radius 1 is 1.07 bits per heavy atom. The second kappa shape index (κ2) is 6.16. The van der Waals surface area contributed by atoms with Gasteiger partial charge < -0.3 is 4.74 Å². The molecule has 1 aromatic rings. The molecule has 1 rings (SSSR count). The largest absolute Gasteiger partial charge is 0.384 e. The fourth-order valence-electron chi connectivity index (χ4n) is 0.789. The first-order valence-corrected chi connectivity index (χ1v) is 3.93. The molecule has 1 radical (unpaired) electrons. The summed E-state index contributed by atoms with van der Waals surface area (Å²) >= 11 is 0. The van der Waals surface area contributed by atoms with Crippen LogP contribution in [-0.2, 0) is 32.9 Å². The van der Waals surface area contributed by atoms with Crippen LogP contribution in [-0.4, -0.2) is 17.7 Å². The van der Waals surface area contributed by atoms with E-state index < -0.39 is 17.7 Å². The number of carbonyl (C=O) groups is 3. The first-order valence-electron chi connectivity index (χ1n) is 3.93. The van der Waals surface area contributed by atoms with Gasteiger partial charge in [-0.2, -0.15) is 0 Å². The van der Waals surface area contributed by atoms with Gasteiger partial charge in [-0.1, -0.05) is 18.2 Å². The van der Waals surface area contributed by atoms with Crippen LogP contribution in [0.4, 0.5) is 0 Å². The summed E-state index contributed by atoms with van der Waals surface area (Å²) in [5.41, 5.74) is 0.238. The summed E-state index contributed by atoms with van der Waals surface area (Å²) < 4.78 is 4.27. The number of carbonyl (C=O) groups excluding carboxylic acids is 3. The van der Waals surface area contributed by atoms with Crippen LogP contribution >= 0.6 is 0 Å². The predicted molar refractivity (Wildman–Crippen MR) is 47.5 cm³/mol. The van der Waals surface area contributed by atoms with Gasteiger partial charge in [0.15, 0.2) is 0 Å². The molecule has 0 aliphatic rings. The third-order valence-electron chi connectivity index (χ3n) is 1.48. The van der Waals surface area contributed by atoms with E-state index in [0.717, 1.165) is 6.92 Å². The average molecular weight is 243 g/mol. The normalized spacial score (nSPS) is 8.60. The molecular formula is C10H8O4V. The molecule has 0 atom stereocenters. The van der Waals surface area contributed by atoms with Crippen molar-refractivity contribution in [2.75, 3.05) is 0 Å². The van der Waals surface area contributed by atoms with Crippen LogP contribution in [0.15, 0.2) is 30.3 Å². The van der Waals surface area contributed by atoms with Gasteiger partial charge in [-0.05, 0) is 12.1 Å². The number of Topliss-reactive ketones (excluding diaryl/α,β-unsaturated/α-hetero) is 1. The van der Waals surface area contributed by atoms with E-state index in [4.69, 9.17) is 0 Å². The van der Waals surface area contributed by atoms with Crippen molar-refractivity contribution in [3.8, 4) is 0 Å². The molecule has 0 fully saturated rings. The van der Waals surface area contributed by atoms with Crippen molar-refractivity contribution < 1.29 is 37.7 Å². The number of benzene rings is 1. The maximum absolute atomic E-state index is 11.2. The predicted octanol–water partition coefficient (Wildman–Crippen LogP) is 0.957. The molecule has 15 heavy (non-hydrogen) atoms. The summed E-state index contributed by atoms with van der Waals surface area (Å²) in [6.45, 7) is 1.04. The average Bonchev–Trinajstić information content (AvgIpc) is 2.19. The molecule has 0 saturated carbocycles. The first kappa shape index (κ1) is 13.6. The van der Waals surface area contributed by atoms with Crippen LogP contribution in [0.3, 0.4) is 0 Å². The molecule has 1 aromatic carbocycles. The molecule has 77 valence electrons. The van der Waals surface area contributed by atoms with Gasteiger partial charge in [0.2, 0.25) is 5.78 Å². The van der Waals surface area contributed by atoms with Gasteiger partial charge in [0.1, 0.15) is 0 Å². The third-order valence-corrected chi connectivity index (χ3v) is 1.48. The van der Waals surface area contributed by atoms with Crippen molar-refractivity contribution in [2.45, 2.75) is 6.92 Å². The zero-order chi connectivity index (χ0) is 10.6. The maximum atomic E-state index is 11.2. The quantitative estimate of drug-likeness (QED) is 0.441. The molecule has 0 bridgehead atoms. The molecule has 0 N–H and O–H groups in total. The van der Waals surface area contributed by atoms with Crippen molar-refractivity contribution in [2.24, 2.45) is 0 Å². The van der Waals surface area contributed by atoms with Gasteiger partial charge in [0.05, 0.1) is 5.56 Å². The van der Waals surface area contributed by atoms with Crippen molar-refractivity contribution in [1.82, 2.24) is 0 Å². The Morgan fingerprint density at radius 3 is 2.07 bits per heavy atom. The van der Waals surface area contributed by atoms with Crippen LogP contribution in [0.1, 0.15) is 17.3 Å². The molecule has 4 nitrogen and oxygen atoms in total. The van der Waals surface area contributed by atoms with Gasteiger partial charge in [0, 0.05) is 25.5 Å². The Morgan fingerprint density at radius 2 is 1.60 bits per heavy atom. The molecule has 0 spiro atoms. The van der Waals surface area contributed by atoms with E-state index in [1.165, 1.54) is 12.1 Å². The van der Waals surface area contributed by atoms with Crippen molar-refractivity contribution in [3.63, 3.8) is 0 Å². The van der Waals surface area contributed by atoms with E-state index in [9.17, 15) is 14.4 Å². The van der Waals surface area contributed by atoms with Gasteiger partial charge in [-0.25, -0.2) is 9.59 Å². The van der Waals surface area contributed by atoms with Crippen LogP contribution in [0, 0.1) is 0 Å². The Hall–Kier alpha value is -1.39.